The van der Waals surface area contributed by atoms with Gasteiger partial charge in [-0.2, -0.15) is 0 Å². The number of anilines is 3. The zero-order chi connectivity index (χ0) is 23.3. The molecule has 0 aromatic carbocycles. The number of aliphatic carboxylic acids is 1. The highest BCUT2D eigenvalue weighted by Crippen LogP contribution is 2.29. The molecule has 166 valence electrons. The number of amides is 2. The molecule has 0 aliphatic heterocycles. The summed E-state index contributed by atoms with van der Waals surface area (Å²) in [6.07, 6.45) is 0. The lowest BCUT2D eigenvalue weighted by atomic mass is 9.95. The van der Waals surface area contributed by atoms with Gasteiger partial charge in [-0.1, -0.05) is 37.0 Å². The van der Waals surface area contributed by atoms with Gasteiger partial charge in [0.1, 0.15) is 28.5 Å². The quantitative estimate of drug-likeness (QED) is 0.224. The molecule has 2 amide bonds. The number of hydrogen-bond donors (Lipinski definition) is 5. The Hall–Kier alpha value is -3.11. The smallest absolute Gasteiger partial charge is 0.338 e. The second kappa shape index (κ2) is 10.3. The van der Waals surface area contributed by atoms with E-state index in [-0.39, 0.29) is 27.7 Å². The van der Waals surface area contributed by atoms with Crippen LogP contribution in [-0.2, 0) is 4.79 Å². The standard InChI is InChI=1S/C19H23Cl2N7O3/c1-9(2)12-7-15(26-18(23-4)17(12)10(3)22)28(8-16(29)30)27-19(31)24-11-5-13(20)25-14(21)6-11/h5-7,9,22H,8H2,1-4H3,(H,23,26)(H,29,30)(H2,24,25,27,31). The molecule has 0 saturated heterocycles. The first-order valence-electron chi connectivity index (χ1n) is 9.20. The SMILES string of the molecule is CNc1nc(N(CC(=O)O)NC(=O)Nc2cc(Cl)nc(Cl)c2)cc(C(C)C)c1C(C)=N. The highest BCUT2D eigenvalue weighted by Gasteiger charge is 2.22. The van der Waals surface area contributed by atoms with Crippen LogP contribution in [-0.4, -0.2) is 46.4 Å². The Balaban J connectivity index is 2.41. The van der Waals surface area contributed by atoms with E-state index in [1.165, 1.54) is 12.1 Å². The first-order valence-corrected chi connectivity index (χ1v) is 9.95. The normalized spacial score (nSPS) is 10.5. The van der Waals surface area contributed by atoms with Crippen LogP contribution in [0.25, 0.3) is 0 Å². The maximum Gasteiger partial charge on any atom is 0.338 e. The van der Waals surface area contributed by atoms with Crippen molar-refractivity contribution in [1.29, 1.82) is 5.41 Å². The molecule has 0 fully saturated rings. The van der Waals surface area contributed by atoms with E-state index >= 15 is 0 Å². The molecule has 2 aromatic heterocycles. The van der Waals surface area contributed by atoms with Crippen molar-refractivity contribution < 1.29 is 14.7 Å². The molecule has 0 atom stereocenters. The average molecular weight is 468 g/mol. The van der Waals surface area contributed by atoms with Crippen LogP contribution in [0.2, 0.25) is 10.3 Å². The molecule has 2 heterocycles. The third-order valence-electron chi connectivity index (χ3n) is 4.10. The summed E-state index contributed by atoms with van der Waals surface area (Å²) in [5, 5.41) is 24.1. The molecule has 10 nitrogen and oxygen atoms in total. The second-order valence-corrected chi connectivity index (χ2v) is 7.64. The van der Waals surface area contributed by atoms with Crippen LogP contribution in [0.3, 0.4) is 0 Å². The fourth-order valence-corrected chi connectivity index (χ4v) is 3.31. The topological polar surface area (TPSA) is 143 Å². The number of hydrogen-bond acceptors (Lipinski definition) is 7. The minimum Gasteiger partial charge on any atom is -0.480 e. The van der Waals surface area contributed by atoms with Gasteiger partial charge in [0.2, 0.25) is 0 Å². The van der Waals surface area contributed by atoms with E-state index in [2.05, 4.69) is 26.0 Å². The van der Waals surface area contributed by atoms with Crippen LogP contribution >= 0.6 is 23.2 Å². The van der Waals surface area contributed by atoms with Crippen LogP contribution in [0.4, 0.5) is 22.1 Å². The number of pyridine rings is 2. The summed E-state index contributed by atoms with van der Waals surface area (Å²) in [7, 11) is 1.65. The Morgan fingerprint density at radius 2 is 1.81 bits per heavy atom. The fraction of sp³-hybridized carbons (Fsp3) is 0.316. The Morgan fingerprint density at radius 3 is 2.29 bits per heavy atom. The minimum absolute atomic E-state index is 0.0192. The highest BCUT2D eigenvalue weighted by molar-refractivity contribution is 6.33. The van der Waals surface area contributed by atoms with Gasteiger partial charge in [-0.3, -0.25) is 9.80 Å². The lowest BCUT2D eigenvalue weighted by molar-refractivity contribution is -0.135. The monoisotopic (exact) mass is 467 g/mol. The number of nitrogens with zero attached hydrogens (tertiary/aromatic N) is 3. The van der Waals surface area contributed by atoms with Crippen LogP contribution in [0, 0.1) is 5.41 Å². The molecule has 2 aromatic rings. The van der Waals surface area contributed by atoms with E-state index in [4.69, 9.17) is 28.6 Å². The summed E-state index contributed by atoms with van der Waals surface area (Å²) < 4.78 is 0. The first kappa shape index (κ1) is 24.2. The predicted octanol–water partition coefficient (Wildman–Crippen LogP) is 3.96. The molecule has 2 rings (SSSR count). The summed E-state index contributed by atoms with van der Waals surface area (Å²) in [4.78, 5) is 32.1. The predicted molar refractivity (Wildman–Crippen MR) is 122 cm³/mol. The average Bonchev–Trinajstić information content (AvgIpc) is 2.64. The summed E-state index contributed by atoms with van der Waals surface area (Å²) in [5.74, 6) is -0.562. The maximum absolute atomic E-state index is 12.5. The van der Waals surface area contributed by atoms with E-state index in [1.54, 1.807) is 20.0 Å². The molecule has 0 saturated carbocycles. The van der Waals surface area contributed by atoms with Crippen molar-refractivity contribution in [2.24, 2.45) is 0 Å². The Morgan fingerprint density at radius 1 is 1.19 bits per heavy atom. The van der Waals surface area contributed by atoms with Gasteiger partial charge < -0.3 is 21.1 Å². The maximum atomic E-state index is 12.5. The molecule has 0 aliphatic carbocycles. The third kappa shape index (κ3) is 6.43. The molecule has 5 N–H and O–H groups in total. The van der Waals surface area contributed by atoms with Gasteiger partial charge >= 0.3 is 12.0 Å². The van der Waals surface area contributed by atoms with Crippen molar-refractivity contribution in [3.8, 4) is 0 Å². The van der Waals surface area contributed by atoms with E-state index in [0.29, 0.717) is 17.1 Å². The number of hydrazine groups is 1. The summed E-state index contributed by atoms with van der Waals surface area (Å²) in [6, 6.07) is 3.71. The number of carboxylic acids is 1. The summed E-state index contributed by atoms with van der Waals surface area (Å²) in [5.41, 5.74) is 4.47. The molecule has 31 heavy (non-hydrogen) atoms. The second-order valence-electron chi connectivity index (χ2n) is 6.87. The molecule has 0 bridgehead atoms. The van der Waals surface area contributed by atoms with Gasteiger partial charge in [-0.15, -0.1) is 0 Å². The molecule has 0 radical (unpaired) electrons. The van der Waals surface area contributed by atoms with Gasteiger partial charge in [0.25, 0.3) is 0 Å². The van der Waals surface area contributed by atoms with Gasteiger partial charge in [0.05, 0.1) is 0 Å². The first-order chi connectivity index (χ1) is 14.5. The zero-order valence-corrected chi connectivity index (χ0v) is 18.9. The molecular formula is C19H23Cl2N7O3. The molecule has 12 heteroatoms. The van der Waals surface area contributed by atoms with Crippen molar-refractivity contribution in [3.63, 3.8) is 0 Å². The minimum atomic E-state index is -1.18. The lowest BCUT2D eigenvalue weighted by Gasteiger charge is -2.26. The Labute approximate surface area is 189 Å². The van der Waals surface area contributed by atoms with Crippen LogP contribution < -0.4 is 21.1 Å². The molecular weight excluding hydrogens is 445 g/mol. The van der Waals surface area contributed by atoms with Gasteiger partial charge in [0, 0.05) is 24.0 Å². The largest absolute Gasteiger partial charge is 0.480 e. The van der Waals surface area contributed by atoms with E-state index in [9.17, 15) is 14.7 Å². The number of carbonyl (C=O) groups excluding carboxylic acids is 1. The lowest BCUT2D eigenvalue weighted by Crippen LogP contribution is -2.47. The van der Waals surface area contributed by atoms with E-state index in [1.807, 2.05) is 13.8 Å². The number of urea groups is 1. The van der Waals surface area contributed by atoms with E-state index < -0.39 is 18.5 Å². The van der Waals surface area contributed by atoms with Crippen molar-refractivity contribution in [3.05, 3.63) is 39.6 Å². The zero-order valence-electron chi connectivity index (χ0n) is 17.4. The Bertz CT molecular complexity index is 994. The molecule has 0 aliphatic rings. The van der Waals surface area contributed by atoms with Crippen LogP contribution in [0.5, 0.6) is 0 Å². The van der Waals surface area contributed by atoms with Crippen molar-refractivity contribution >= 4 is 58.2 Å². The van der Waals surface area contributed by atoms with Crippen molar-refractivity contribution in [2.75, 3.05) is 29.2 Å². The number of halogens is 2. The molecule has 0 unspecified atom stereocenters. The highest BCUT2D eigenvalue weighted by atomic mass is 35.5. The number of nitrogens with one attached hydrogen (secondary N) is 4. The number of carboxylic acid groups (broad SMARTS) is 1. The van der Waals surface area contributed by atoms with Gasteiger partial charge in [-0.05, 0) is 36.6 Å². The number of rotatable bonds is 8. The van der Waals surface area contributed by atoms with Gasteiger partial charge in [0.15, 0.2) is 0 Å². The van der Waals surface area contributed by atoms with Crippen LogP contribution in [0.15, 0.2) is 18.2 Å². The number of carbonyl (C=O) groups is 2. The summed E-state index contributed by atoms with van der Waals surface area (Å²) >= 11 is 11.7. The number of aromatic nitrogens is 2. The summed E-state index contributed by atoms with van der Waals surface area (Å²) in [6.45, 7) is 4.99. The van der Waals surface area contributed by atoms with Gasteiger partial charge in [-0.25, -0.2) is 20.2 Å². The third-order valence-corrected chi connectivity index (χ3v) is 4.48. The molecule has 0 spiro atoms. The van der Waals surface area contributed by atoms with E-state index in [0.717, 1.165) is 10.6 Å². The Kier molecular flexibility index (Phi) is 8.01. The van der Waals surface area contributed by atoms with Crippen molar-refractivity contribution in [2.45, 2.75) is 26.7 Å². The van der Waals surface area contributed by atoms with Crippen molar-refractivity contribution in [1.82, 2.24) is 15.4 Å². The fourth-order valence-electron chi connectivity index (χ4n) is 2.85. The van der Waals surface area contributed by atoms with Crippen LogP contribution in [0.1, 0.15) is 37.8 Å².